The zero-order valence-electron chi connectivity index (χ0n) is 12.9. The third-order valence-corrected chi connectivity index (χ3v) is 6.81. The Hall–Kier alpha value is -0.600. The highest BCUT2D eigenvalue weighted by Crippen LogP contribution is 2.39. The Bertz CT molecular complexity index is 571. The van der Waals surface area contributed by atoms with E-state index in [-0.39, 0.29) is 0 Å². The molecule has 1 aromatic heterocycles. The highest BCUT2D eigenvalue weighted by molar-refractivity contribution is 9.09. The molecule has 21 heavy (non-hydrogen) atoms. The van der Waals surface area contributed by atoms with Crippen LogP contribution >= 0.6 is 27.3 Å². The second-order valence-corrected chi connectivity index (χ2v) is 8.59. The summed E-state index contributed by atoms with van der Waals surface area (Å²) in [6.45, 7) is 4.55. The smallest absolute Gasteiger partial charge is 0.0738 e. The van der Waals surface area contributed by atoms with E-state index >= 15 is 0 Å². The number of fused-ring (bicyclic) bond motifs is 1. The van der Waals surface area contributed by atoms with Crippen molar-refractivity contribution in [1.29, 1.82) is 0 Å². The van der Waals surface area contributed by atoms with Gasteiger partial charge in [-0.05, 0) is 60.8 Å². The van der Waals surface area contributed by atoms with Gasteiger partial charge in [-0.15, -0.1) is 11.3 Å². The third kappa shape index (κ3) is 3.60. The molecule has 0 saturated heterocycles. The van der Waals surface area contributed by atoms with E-state index in [1.807, 2.05) is 11.3 Å². The monoisotopic (exact) mass is 362 g/mol. The SMILES string of the molecule is CC(C)Cc1ccc(C(Br)c2cc3c(s2)CCCC3)cc1. The molecule has 1 atom stereocenters. The highest BCUT2D eigenvalue weighted by Gasteiger charge is 2.18. The minimum atomic E-state index is 0.348. The van der Waals surface area contributed by atoms with Crippen molar-refractivity contribution in [3.8, 4) is 0 Å². The number of rotatable bonds is 4. The molecule has 0 saturated carbocycles. The Morgan fingerprint density at radius 2 is 1.81 bits per heavy atom. The predicted octanol–water partition coefficient (Wildman–Crippen LogP) is 6.31. The lowest BCUT2D eigenvalue weighted by Crippen LogP contribution is -1.96. The molecule has 1 unspecified atom stereocenters. The van der Waals surface area contributed by atoms with E-state index in [9.17, 15) is 0 Å². The highest BCUT2D eigenvalue weighted by atomic mass is 79.9. The summed E-state index contributed by atoms with van der Waals surface area (Å²) in [5.74, 6) is 0.722. The number of alkyl halides is 1. The standard InChI is InChI=1S/C19H23BrS/c1-13(2)11-14-7-9-15(10-8-14)19(20)18-12-16-5-3-4-6-17(16)21-18/h7-10,12-13,19H,3-6,11H2,1-2H3. The summed E-state index contributed by atoms with van der Waals surface area (Å²) in [4.78, 5) is 3.44. The van der Waals surface area contributed by atoms with Gasteiger partial charge in [0.15, 0.2) is 0 Å². The van der Waals surface area contributed by atoms with E-state index in [4.69, 9.17) is 0 Å². The van der Waals surface area contributed by atoms with Gasteiger partial charge in [0.25, 0.3) is 0 Å². The van der Waals surface area contributed by atoms with Gasteiger partial charge in [0.1, 0.15) is 0 Å². The van der Waals surface area contributed by atoms with Crippen LogP contribution in [-0.2, 0) is 19.3 Å². The van der Waals surface area contributed by atoms with E-state index in [1.165, 1.54) is 48.1 Å². The molecule has 1 heterocycles. The van der Waals surface area contributed by atoms with Crippen molar-refractivity contribution in [2.45, 2.75) is 50.8 Å². The Morgan fingerprint density at radius 1 is 1.10 bits per heavy atom. The van der Waals surface area contributed by atoms with Crippen LogP contribution in [0.5, 0.6) is 0 Å². The number of hydrogen-bond donors (Lipinski definition) is 0. The fourth-order valence-electron chi connectivity index (χ4n) is 3.10. The predicted molar refractivity (Wildman–Crippen MR) is 96.7 cm³/mol. The van der Waals surface area contributed by atoms with Gasteiger partial charge in [-0.2, -0.15) is 0 Å². The van der Waals surface area contributed by atoms with E-state index in [0.717, 1.165) is 5.92 Å². The molecule has 0 bridgehead atoms. The number of halogens is 1. The van der Waals surface area contributed by atoms with Crippen molar-refractivity contribution < 1.29 is 0 Å². The molecule has 1 aromatic carbocycles. The van der Waals surface area contributed by atoms with Gasteiger partial charge in [-0.3, -0.25) is 0 Å². The quantitative estimate of drug-likeness (QED) is 0.559. The van der Waals surface area contributed by atoms with E-state index in [0.29, 0.717) is 4.83 Å². The molecule has 0 aliphatic heterocycles. The minimum absolute atomic E-state index is 0.348. The fourth-order valence-corrected chi connectivity index (χ4v) is 5.08. The number of aryl methyl sites for hydroxylation is 2. The van der Waals surface area contributed by atoms with Gasteiger partial charge in [0, 0.05) is 9.75 Å². The molecule has 3 rings (SSSR count). The summed E-state index contributed by atoms with van der Waals surface area (Å²) < 4.78 is 0. The Kier molecular flexibility index (Phi) is 4.85. The largest absolute Gasteiger partial charge is 0.144 e. The lowest BCUT2D eigenvalue weighted by atomic mass is 9.98. The van der Waals surface area contributed by atoms with Crippen LogP contribution < -0.4 is 0 Å². The molecule has 1 aliphatic rings. The first-order valence-corrected chi connectivity index (χ1v) is 9.71. The summed E-state index contributed by atoms with van der Waals surface area (Å²) in [6.07, 6.45) is 6.45. The second kappa shape index (κ2) is 6.66. The summed E-state index contributed by atoms with van der Waals surface area (Å²) in [5.41, 5.74) is 4.42. The van der Waals surface area contributed by atoms with Crippen LogP contribution in [0.3, 0.4) is 0 Å². The molecule has 0 radical (unpaired) electrons. The lowest BCUT2D eigenvalue weighted by molar-refractivity contribution is 0.647. The molecule has 2 heteroatoms. The fraction of sp³-hybridized carbons (Fsp3) is 0.474. The average molecular weight is 363 g/mol. The summed E-state index contributed by atoms with van der Waals surface area (Å²) >= 11 is 5.91. The summed E-state index contributed by atoms with van der Waals surface area (Å²) in [6, 6.07) is 11.6. The average Bonchev–Trinajstić information content (AvgIpc) is 2.90. The first kappa shape index (κ1) is 15.3. The summed E-state index contributed by atoms with van der Waals surface area (Å²) in [5, 5.41) is 0. The van der Waals surface area contributed by atoms with Crippen molar-refractivity contribution in [3.63, 3.8) is 0 Å². The van der Waals surface area contributed by atoms with E-state index < -0.39 is 0 Å². The molecule has 2 aromatic rings. The maximum Gasteiger partial charge on any atom is 0.0738 e. The Labute approximate surface area is 140 Å². The molecule has 0 fully saturated rings. The third-order valence-electron chi connectivity index (χ3n) is 4.18. The van der Waals surface area contributed by atoms with Crippen molar-refractivity contribution in [1.82, 2.24) is 0 Å². The Morgan fingerprint density at radius 3 is 2.48 bits per heavy atom. The van der Waals surface area contributed by atoms with E-state index in [1.54, 1.807) is 10.4 Å². The molecule has 0 nitrogen and oxygen atoms in total. The number of benzene rings is 1. The molecular formula is C19H23BrS. The van der Waals surface area contributed by atoms with Crippen molar-refractivity contribution in [2.75, 3.05) is 0 Å². The van der Waals surface area contributed by atoms with Crippen molar-refractivity contribution >= 4 is 27.3 Å². The molecule has 112 valence electrons. The van der Waals surface area contributed by atoms with Crippen LogP contribution in [0, 0.1) is 5.92 Å². The number of thiophene rings is 1. The lowest BCUT2D eigenvalue weighted by Gasteiger charge is -2.10. The zero-order valence-corrected chi connectivity index (χ0v) is 15.3. The van der Waals surface area contributed by atoms with Crippen LogP contribution in [0.25, 0.3) is 0 Å². The van der Waals surface area contributed by atoms with Gasteiger partial charge in [0.05, 0.1) is 4.83 Å². The molecule has 1 aliphatic carbocycles. The van der Waals surface area contributed by atoms with E-state index in [2.05, 4.69) is 60.1 Å². The van der Waals surface area contributed by atoms with Crippen LogP contribution in [-0.4, -0.2) is 0 Å². The maximum absolute atomic E-state index is 3.91. The Balaban J connectivity index is 1.78. The molecule has 0 N–H and O–H groups in total. The first-order chi connectivity index (χ1) is 10.1. The normalized spacial score (nSPS) is 16.0. The topological polar surface area (TPSA) is 0 Å². The zero-order chi connectivity index (χ0) is 14.8. The van der Waals surface area contributed by atoms with Gasteiger partial charge in [0.2, 0.25) is 0 Å². The second-order valence-electron chi connectivity index (χ2n) is 6.51. The first-order valence-electron chi connectivity index (χ1n) is 7.98. The van der Waals surface area contributed by atoms with Gasteiger partial charge < -0.3 is 0 Å². The molecule has 0 spiro atoms. The summed E-state index contributed by atoms with van der Waals surface area (Å²) in [7, 11) is 0. The van der Waals surface area contributed by atoms with Gasteiger partial charge in [-0.25, -0.2) is 0 Å². The van der Waals surface area contributed by atoms with Crippen molar-refractivity contribution in [3.05, 3.63) is 56.8 Å². The van der Waals surface area contributed by atoms with Gasteiger partial charge >= 0.3 is 0 Å². The van der Waals surface area contributed by atoms with Crippen LogP contribution in [0.4, 0.5) is 0 Å². The van der Waals surface area contributed by atoms with Crippen LogP contribution in [0.15, 0.2) is 30.3 Å². The maximum atomic E-state index is 3.91. The van der Waals surface area contributed by atoms with Crippen molar-refractivity contribution in [2.24, 2.45) is 5.92 Å². The van der Waals surface area contributed by atoms with Crippen LogP contribution in [0.2, 0.25) is 0 Å². The van der Waals surface area contributed by atoms with Crippen LogP contribution in [0.1, 0.15) is 58.0 Å². The number of hydrogen-bond acceptors (Lipinski definition) is 1. The van der Waals surface area contributed by atoms with Gasteiger partial charge in [-0.1, -0.05) is 54.0 Å². The molecule has 0 amide bonds. The minimum Gasteiger partial charge on any atom is -0.144 e. The molecular weight excluding hydrogens is 340 g/mol.